The summed E-state index contributed by atoms with van der Waals surface area (Å²) in [5.74, 6) is -0.656. The van der Waals surface area contributed by atoms with Crippen LogP contribution in [-0.2, 0) is 11.3 Å². The van der Waals surface area contributed by atoms with Crippen LogP contribution < -0.4 is 5.73 Å². The van der Waals surface area contributed by atoms with Gasteiger partial charge in [-0.2, -0.15) is 0 Å². The Bertz CT molecular complexity index is 499. The molecular formula is C16H22F2N2O. The highest BCUT2D eigenvalue weighted by molar-refractivity contribution is 5.78. The molecule has 1 aromatic carbocycles. The second kappa shape index (κ2) is 6.98. The van der Waals surface area contributed by atoms with Crippen molar-refractivity contribution in [2.45, 2.75) is 32.2 Å². The van der Waals surface area contributed by atoms with Gasteiger partial charge in [0.25, 0.3) is 0 Å². The number of hydrogen-bond acceptors (Lipinski definition) is 2. The number of hydrogen-bond donors (Lipinski definition) is 1. The van der Waals surface area contributed by atoms with E-state index in [1.54, 1.807) is 7.05 Å². The molecule has 0 aromatic heterocycles. The fourth-order valence-electron chi connectivity index (χ4n) is 2.94. The zero-order valence-corrected chi connectivity index (χ0v) is 12.3. The Morgan fingerprint density at radius 3 is 2.52 bits per heavy atom. The SMILES string of the molecule is CN(Cc1ccc(F)cc1F)C(=O)C1CCC(CN)CC1. The van der Waals surface area contributed by atoms with Gasteiger partial charge in [-0.1, -0.05) is 6.07 Å². The molecule has 1 aromatic rings. The molecule has 0 heterocycles. The Labute approximate surface area is 124 Å². The van der Waals surface area contributed by atoms with Gasteiger partial charge in [0.05, 0.1) is 0 Å². The fraction of sp³-hybridized carbons (Fsp3) is 0.562. The van der Waals surface area contributed by atoms with Gasteiger partial charge in [-0.3, -0.25) is 4.79 Å². The molecule has 2 N–H and O–H groups in total. The van der Waals surface area contributed by atoms with Crippen LogP contribution in [0.1, 0.15) is 31.2 Å². The lowest BCUT2D eigenvalue weighted by Crippen LogP contribution is -2.35. The monoisotopic (exact) mass is 296 g/mol. The van der Waals surface area contributed by atoms with Crippen LogP contribution in [0.2, 0.25) is 0 Å². The van der Waals surface area contributed by atoms with Crippen LogP contribution in [0.25, 0.3) is 0 Å². The predicted octanol–water partition coefficient (Wildman–Crippen LogP) is 2.69. The minimum absolute atomic E-state index is 0.00121. The van der Waals surface area contributed by atoms with Crippen molar-refractivity contribution in [2.75, 3.05) is 13.6 Å². The molecule has 1 aliphatic carbocycles. The summed E-state index contributed by atoms with van der Waals surface area (Å²) < 4.78 is 26.5. The van der Waals surface area contributed by atoms with Crippen molar-refractivity contribution in [1.82, 2.24) is 4.90 Å². The van der Waals surface area contributed by atoms with Gasteiger partial charge in [0, 0.05) is 31.1 Å². The standard InChI is InChI=1S/C16H22F2N2O/c1-20(10-13-6-7-14(17)8-15(13)18)16(21)12-4-2-11(9-19)3-5-12/h6-8,11-12H,2-5,9-10,19H2,1H3. The van der Waals surface area contributed by atoms with Crippen molar-refractivity contribution < 1.29 is 13.6 Å². The zero-order valence-electron chi connectivity index (χ0n) is 12.3. The van der Waals surface area contributed by atoms with E-state index in [4.69, 9.17) is 5.73 Å². The second-order valence-electron chi connectivity index (χ2n) is 5.88. The summed E-state index contributed by atoms with van der Waals surface area (Å²) in [5, 5.41) is 0. The van der Waals surface area contributed by atoms with E-state index in [0.717, 1.165) is 31.7 Å². The van der Waals surface area contributed by atoms with Crippen molar-refractivity contribution in [3.8, 4) is 0 Å². The zero-order chi connectivity index (χ0) is 15.4. The third-order valence-electron chi connectivity index (χ3n) is 4.33. The molecule has 1 amide bonds. The lowest BCUT2D eigenvalue weighted by Gasteiger charge is -2.30. The maximum absolute atomic E-state index is 13.6. The number of carbonyl (C=O) groups excluding carboxylic acids is 1. The largest absolute Gasteiger partial charge is 0.341 e. The number of nitrogens with zero attached hydrogens (tertiary/aromatic N) is 1. The number of benzene rings is 1. The summed E-state index contributed by atoms with van der Waals surface area (Å²) in [6.45, 7) is 0.847. The average molecular weight is 296 g/mol. The Balaban J connectivity index is 1.93. The van der Waals surface area contributed by atoms with Gasteiger partial charge in [-0.25, -0.2) is 8.78 Å². The number of rotatable bonds is 4. The highest BCUT2D eigenvalue weighted by Gasteiger charge is 2.27. The van der Waals surface area contributed by atoms with Crippen LogP contribution in [0.15, 0.2) is 18.2 Å². The molecule has 21 heavy (non-hydrogen) atoms. The number of carbonyl (C=O) groups is 1. The molecule has 1 aliphatic rings. The molecule has 5 heteroatoms. The molecule has 0 saturated heterocycles. The molecule has 0 radical (unpaired) electrons. The van der Waals surface area contributed by atoms with E-state index in [2.05, 4.69) is 0 Å². The molecule has 0 aliphatic heterocycles. The molecular weight excluding hydrogens is 274 g/mol. The summed E-state index contributed by atoms with van der Waals surface area (Å²) in [5.41, 5.74) is 5.98. The van der Waals surface area contributed by atoms with Crippen molar-refractivity contribution >= 4 is 5.91 Å². The van der Waals surface area contributed by atoms with Crippen molar-refractivity contribution in [2.24, 2.45) is 17.6 Å². The van der Waals surface area contributed by atoms with Gasteiger partial charge >= 0.3 is 0 Å². The van der Waals surface area contributed by atoms with Gasteiger partial charge in [-0.05, 0) is 44.2 Å². The summed E-state index contributed by atoms with van der Waals surface area (Å²) in [4.78, 5) is 13.9. The van der Waals surface area contributed by atoms with E-state index in [0.29, 0.717) is 18.0 Å². The van der Waals surface area contributed by atoms with E-state index >= 15 is 0 Å². The van der Waals surface area contributed by atoms with Crippen molar-refractivity contribution in [1.29, 1.82) is 0 Å². The average Bonchev–Trinajstić information content (AvgIpc) is 2.49. The first kappa shape index (κ1) is 15.9. The minimum Gasteiger partial charge on any atom is -0.341 e. The third-order valence-corrected chi connectivity index (χ3v) is 4.33. The van der Waals surface area contributed by atoms with E-state index < -0.39 is 11.6 Å². The molecule has 1 fully saturated rings. The van der Waals surface area contributed by atoms with Crippen molar-refractivity contribution in [3.05, 3.63) is 35.4 Å². The Kier molecular flexibility index (Phi) is 5.28. The Hall–Kier alpha value is -1.49. The number of nitrogens with two attached hydrogens (primary N) is 1. The molecule has 1 saturated carbocycles. The summed E-state index contributed by atoms with van der Waals surface area (Å²) in [6, 6.07) is 3.45. The van der Waals surface area contributed by atoms with E-state index in [-0.39, 0.29) is 18.4 Å². The van der Waals surface area contributed by atoms with Crippen LogP contribution in [0, 0.1) is 23.5 Å². The van der Waals surface area contributed by atoms with Gasteiger partial charge in [-0.15, -0.1) is 0 Å². The van der Waals surface area contributed by atoms with Gasteiger partial charge in [0.1, 0.15) is 11.6 Å². The first-order valence-corrected chi connectivity index (χ1v) is 7.40. The van der Waals surface area contributed by atoms with E-state index in [1.807, 2.05) is 0 Å². The Morgan fingerprint density at radius 2 is 1.95 bits per heavy atom. The number of halogens is 2. The van der Waals surface area contributed by atoms with Crippen LogP contribution in [0.4, 0.5) is 8.78 Å². The fourth-order valence-corrected chi connectivity index (χ4v) is 2.94. The maximum Gasteiger partial charge on any atom is 0.225 e. The topological polar surface area (TPSA) is 46.3 Å². The number of amides is 1. The molecule has 2 rings (SSSR count). The first-order chi connectivity index (χ1) is 10.0. The predicted molar refractivity (Wildman–Crippen MR) is 77.3 cm³/mol. The smallest absolute Gasteiger partial charge is 0.225 e. The minimum atomic E-state index is -0.610. The quantitative estimate of drug-likeness (QED) is 0.928. The van der Waals surface area contributed by atoms with Crippen LogP contribution >= 0.6 is 0 Å². The first-order valence-electron chi connectivity index (χ1n) is 7.40. The maximum atomic E-state index is 13.6. The lowest BCUT2D eigenvalue weighted by molar-refractivity contribution is -0.136. The van der Waals surface area contributed by atoms with Gasteiger partial charge in [0.15, 0.2) is 0 Å². The van der Waals surface area contributed by atoms with Crippen LogP contribution in [-0.4, -0.2) is 24.4 Å². The van der Waals surface area contributed by atoms with Crippen LogP contribution in [0.3, 0.4) is 0 Å². The molecule has 116 valence electrons. The molecule has 3 nitrogen and oxygen atoms in total. The molecule has 0 bridgehead atoms. The van der Waals surface area contributed by atoms with Crippen molar-refractivity contribution in [3.63, 3.8) is 0 Å². The summed E-state index contributed by atoms with van der Waals surface area (Å²) >= 11 is 0. The van der Waals surface area contributed by atoms with E-state index in [9.17, 15) is 13.6 Å². The molecule has 0 unspecified atom stereocenters. The van der Waals surface area contributed by atoms with Gasteiger partial charge in [0.2, 0.25) is 5.91 Å². The Morgan fingerprint density at radius 1 is 1.29 bits per heavy atom. The van der Waals surface area contributed by atoms with E-state index in [1.165, 1.54) is 17.0 Å². The third kappa shape index (κ3) is 4.00. The molecule has 0 spiro atoms. The van der Waals surface area contributed by atoms with Crippen LogP contribution in [0.5, 0.6) is 0 Å². The lowest BCUT2D eigenvalue weighted by atomic mass is 9.81. The summed E-state index contributed by atoms with van der Waals surface area (Å²) in [7, 11) is 1.67. The molecule has 0 atom stereocenters. The highest BCUT2D eigenvalue weighted by atomic mass is 19.1. The second-order valence-corrected chi connectivity index (χ2v) is 5.88. The summed E-state index contributed by atoms with van der Waals surface area (Å²) in [6.07, 6.45) is 3.64. The van der Waals surface area contributed by atoms with Gasteiger partial charge < -0.3 is 10.6 Å². The highest BCUT2D eigenvalue weighted by Crippen LogP contribution is 2.29. The normalized spacial score (nSPS) is 22.1.